The lowest BCUT2D eigenvalue weighted by Crippen LogP contribution is -2.61. The van der Waals surface area contributed by atoms with E-state index in [0.717, 1.165) is 5.92 Å². The Kier molecular flexibility index (Phi) is 3.16. The van der Waals surface area contributed by atoms with E-state index < -0.39 is 0 Å². The molecule has 0 radical (unpaired) electrons. The van der Waals surface area contributed by atoms with Crippen molar-refractivity contribution in [1.82, 2.24) is 14.9 Å². The molecule has 1 aromatic heterocycles. The first-order valence-electron chi connectivity index (χ1n) is 6.54. The summed E-state index contributed by atoms with van der Waals surface area (Å²) in [5.41, 5.74) is 0. The van der Waals surface area contributed by atoms with Gasteiger partial charge in [-0.1, -0.05) is 0 Å². The lowest BCUT2D eigenvalue weighted by atomic mass is 9.66. The first-order chi connectivity index (χ1) is 8.38. The molecule has 4 fully saturated rings. The third kappa shape index (κ3) is 1.97. The fraction of sp³-hybridized carbons (Fsp3) is 0.692. The van der Waals surface area contributed by atoms with E-state index in [1.54, 1.807) is 12.4 Å². The van der Waals surface area contributed by atoms with Crippen molar-refractivity contribution in [2.24, 2.45) is 17.8 Å². The van der Waals surface area contributed by atoms with Crippen LogP contribution in [0.2, 0.25) is 0 Å². The van der Waals surface area contributed by atoms with Crippen molar-refractivity contribution in [2.75, 3.05) is 19.6 Å². The zero-order chi connectivity index (χ0) is 11.2. The number of hydrogen-bond donors (Lipinski definition) is 0. The minimum absolute atomic E-state index is 0. The molecule has 3 aliphatic heterocycles. The van der Waals surface area contributed by atoms with Gasteiger partial charge >= 0.3 is 6.01 Å². The van der Waals surface area contributed by atoms with E-state index >= 15 is 0 Å². The van der Waals surface area contributed by atoms with Gasteiger partial charge in [0.05, 0.1) is 0 Å². The largest absolute Gasteiger partial charge is 0.459 e. The zero-order valence-electron chi connectivity index (χ0n) is 10.2. The van der Waals surface area contributed by atoms with Crippen molar-refractivity contribution in [3.05, 3.63) is 18.5 Å². The Labute approximate surface area is 113 Å². The quantitative estimate of drug-likeness (QED) is 0.816. The second-order valence-corrected chi connectivity index (χ2v) is 5.69. The van der Waals surface area contributed by atoms with Crippen LogP contribution in [0.15, 0.2) is 18.5 Å². The summed E-state index contributed by atoms with van der Waals surface area (Å²) in [6, 6.07) is 2.38. The Morgan fingerprint density at radius 3 is 2.33 bits per heavy atom. The Balaban J connectivity index is 0.000001000. The molecule has 4 aliphatic rings. The maximum absolute atomic E-state index is 6.04. The van der Waals surface area contributed by atoms with Crippen LogP contribution in [0.1, 0.15) is 12.8 Å². The minimum atomic E-state index is 0. The predicted octanol–water partition coefficient (Wildman–Crippen LogP) is 1.62. The molecule has 1 aliphatic carbocycles. The summed E-state index contributed by atoms with van der Waals surface area (Å²) in [4.78, 5) is 11.0. The molecule has 5 rings (SSSR count). The van der Waals surface area contributed by atoms with Crippen LogP contribution < -0.4 is 4.74 Å². The van der Waals surface area contributed by atoms with Crippen LogP contribution in [0.3, 0.4) is 0 Å². The van der Waals surface area contributed by atoms with E-state index in [4.69, 9.17) is 4.74 Å². The molecule has 3 saturated heterocycles. The summed E-state index contributed by atoms with van der Waals surface area (Å²) in [5.74, 6) is 2.32. The van der Waals surface area contributed by atoms with Gasteiger partial charge in [0.1, 0.15) is 6.10 Å². The van der Waals surface area contributed by atoms with E-state index in [2.05, 4.69) is 14.9 Å². The minimum Gasteiger partial charge on any atom is -0.459 e. The fourth-order valence-electron chi connectivity index (χ4n) is 4.02. The zero-order valence-corrected chi connectivity index (χ0v) is 11.1. The van der Waals surface area contributed by atoms with Gasteiger partial charge in [0.25, 0.3) is 0 Å². The normalized spacial score (nSPS) is 40.3. The first kappa shape index (κ1) is 12.2. The number of rotatable bonds is 2. The molecule has 2 unspecified atom stereocenters. The second kappa shape index (κ2) is 4.67. The van der Waals surface area contributed by atoms with Gasteiger partial charge < -0.3 is 9.64 Å². The van der Waals surface area contributed by atoms with Gasteiger partial charge in [-0.2, -0.15) is 0 Å². The molecular weight excluding hydrogens is 250 g/mol. The highest BCUT2D eigenvalue weighted by Gasteiger charge is 2.48. The van der Waals surface area contributed by atoms with Gasteiger partial charge in [0, 0.05) is 43.9 Å². The van der Waals surface area contributed by atoms with E-state index in [1.165, 1.54) is 32.5 Å². The van der Waals surface area contributed by atoms with Gasteiger partial charge in [-0.25, -0.2) is 9.97 Å². The van der Waals surface area contributed by atoms with E-state index in [9.17, 15) is 0 Å². The number of hydrogen-bond acceptors (Lipinski definition) is 4. The second-order valence-electron chi connectivity index (χ2n) is 5.69. The van der Waals surface area contributed by atoms with Crippen LogP contribution >= 0.6 is 12.4 Å². The third-order valence-corrected chi connectivity index (χ3v) is 4.49. The highest BCUT2D eigenvalue weighted by molar-refractivity contribution is 5.85. The maximum Gasteiger partial charge on any atom is 0.316 e. The summed E-state index contributed by atoms with van der Waals surface area (Å²) < 4.78 is 6.04. The highest BCUT2D eigenvalue weighted by Crippen LogP contribution is 2.44. The van der Waals surface area contributed by atoms with Crippen LogP contribution in [0.5, 0.6) is 6.01 Å². The number of piperidine rings is 3. The molecule has 2 atom stereocenters. The smallest absolute Gasteiger partial charge is 0.316 e. The van der Waals surface area contributed by atoms with Crippen LogP contribution in [0.4, 0.5) is 0 Å². The molecule has 0 amide bonds. The lowest BCUT2D eigenvalue weighted by Gasteiger charge is -2.55. The molecule has 0 N–H and O–H groups in total. The maximum atomic E-state index is 6.04. The van der Waals surface area contributed by atoms with Gasteiger partial charge in [0.15, 0.2) is 0 Å². The summed E-state index contributed by atoms with van der Waals surface area (Å²) in [7, 11) is 0. The van der Waals surface area contributed by atoms with Crippen LogP contribution in [0.25, 0.3) is 0 Å². The Hall–Kier alpha value is -0.870. The molecule has 4 bridgehead atoms. The van der Waals surface area contributed by atoms with Crippen molar-refractivity contribution in [2.45, 2.75) is 18.9 Å². The monoisotopic (exact) mass is 267 g/mol. The molecule has 1 saturated carbocycles. The number of ether oxygens (including phenoxy) is 1. The highest BCUT2D eigenvalue weighted by atomic mass is 35.5. The number of nitrogens with zero attached hydrogens (tertiary/aromatic N) is 3. The predicted molar refractivity (Wildman–Crippen MR) is 69.8 cm³/mol. The molecule has 98 valence electrons. The number of aromatic nitrogens is 2. The average molecular weight is 268 g/mol. The molecule has 4 heterocycles. The molecule has 1 aromatic rings. The summed E-state index contributed by atoms with van der Waals surface area (Å²) >= 11 is 0. The molecule has 5 heteroatoms. The van der Waals surface area contributed by atoms with Crippen molar-refractivity contribution in [1.29, 1.82) is 0 Å². The van der Waals surface area contributed by atoms with Crippen molar-refractivity contribution in [3.8, 4) is 6.01 Å². The van der Waals surface area contributed by atoms with Crippen LogP contribution in [0, 0.1) is 17.8 Å². The SMILES string of the molecule is Cl.c1cnc(OC2C3CC4CC2CN(C4)C3)nc1. The molecule has 0 aromatic carbocycles. The Morgan fingerprint density at radius 1 is 1.06 bits per heavy atom. The van der Waals surface area contributed by atoms with Gasteiger partial charge in [0.2, 0.25) is 0 Å². The van der Waals surface area contributed by atoms with Gasteiger partial charge in [-0.15, -0.1) is 12.4 Å². The van der Waals surface area contributed by atoms with Crippen molar-refractivity contribution in [3.63, 3.8) is 0 Å². The Morgan fingerprint density at radius 2 is 1.72 bits per heavy atom. The lowest BCUT2D eigenvalue weighted by molar-refractivity contribution is -0.101. The third-order valence-electron chi connectivity index (χ3n) is 4.49. The van der Waals surface area contributed by atoms with Gasteiger partial charge in [-0.3, -0.25) is 0 Å². The van der Waals surface area contributed by atoms with E-state index in [-0.39, 0.29) is 12.4 Å². The Bertz CT molecular complexity index is 386. The fourth-order valence-corrected chi connectivity index (χ4v) is 4.02. The molecule has 4 nitrogen and oxygen atoms in total. The van der Waals surface area contributed by atoms with Gasteiger partial charge in [-0.05, 0) is 24.8 Å². The standard InChI is InChI=1S/C13H17N3O.ClH/c1-2-14-13(15-3-1)17-12-10-4-9-5-11(12)8-16(6-9)7-10;/h1-3,9-12H,4-8H2;1H. The van der Waals surface area contributed by atoms with Crippen molar-refractivity contribution < 1.29 is 4.74 Å². The topological polar surface area (TPSA) is 38.2 Å². The van der Waals surface area contributed by atoms with E-state index in [1.807, 2.05) is 6.07 Å². The number of halogens is 1. The van der Waals surface area contributed by atoms with Crippen molar-refractivity contribution >= 4 is 12.4 Å². The summed E-state index contributed by atoms with van der Waals surface area (Å²) in [5, 5.41) is 0. The molecule has 18 heavy (non-hydrogen) atoms. The van der Waals surface area contributed by atoms with E-state index in [0.29, 0.717) is 24.0 Å². The average Bonchev–Trinajstić information content (AvgIpc) is 2.34. The summed E-state index contributed by atoms with van der Waals surface area (Å²) in [6.45, 7) is 3.75. The first-order valence-corrected chi connectivity index (χ1v) is 6.54. The molecule has 0 spiro atoms. The summed E-state index contributed by atoms with van der Waals surface area (Å²) in [6.07, 6.45) is 6.53. The van der Waals surface area contributed by atoms with Crippen LogP contribution in [-0.4, -0.2) is 40.6 Å². The molecular formula is C13H18ClN3O. The van der Waals surface area contributed by atoms with Crippen LogP contribution in [-0.2, 0) is 0 Å².